The van der Waals surface area contributed by atoms with Crippen LogP contribution in [0.15, 0.2) is 42.7 Å². The molecule has 0 saturated carbocycles. The molecule has 2 amide bonds. The van der Waals surface area contributed by atoms with Crippen molar-refractivity contribution in [3.8, 4) is 11.3 Å². The standard InChI is InChI=1S/C16H15N7O2/c1-23-8-12(14(22-23)15(18)24)21-16(25)11-4-2-3-10(20-11)9-5-6-19-13(17)7-9/h2-8H,1H3,(H2,17,19)(H2,18,24)(H,21,25). The second-order valence-corrected chi connectivity index (χ2v) is 5.26. The molecule has 0 radical (unpaired) electrons. The molecule has 0 saturated heterocycles. The number of hydrogen-bond donors (Lipinski definition) is 3. The Bertz CT molecular complexity index is 965. The fourth-order valence-corrected chi connectivity index (χ4v) is 2.28. The molecule has 0 atom stereocenters. The van der Waals surface area contributed by atoms with Crippen LogP contribution in [0.1, 0.15) is 21.0 Å². The number of aromatic nitrogens is 4. The van der Waals surface area contributed by atoms with Crippen LogP contribution in [-0.2, 0) is 7.05 Å². The summed E-state index contributed by atoms with van der Waals surface area (Å²) >= 11 is 0. The largest absolute Gasteiger partial charge is 0.384 e. The van der Waals surface area contributed by atoms with E-state index in [2.05, 4.69) is 20.4 Å². The number of nitrogens with one attached hydrogen (secondary N) is 1. The van der Waals surface area contributed by atoms with E-state index < -0.39 is 11.8 Å². The minimum atomic E-state index is -0.732. The summed E-state index contributed by atoms with van der Waals surface area (Å²) in [6.45, 7) is 0. The van der Waals surface area contributed by atoms with E-state index in [1.165, 1.54) is 10.9 Å². The van der Waals surface area contributed by atoms with E-state index in [4.69, 9.17) is 11.5 Å². The summed E-state index contributed by atoms with van der Waals surface area (Å²) in [4.78, 5) is 32.1. The average molecular weight is 337 g/mol. The Morgan fingerprint density at radius 3 is 2.76 bits per heavy atom. The smallest absolute Gasteiger partial charge is 0.274 e. The highest BCUT2D eigenvalue weighted by atomic mass is 16.2. The molecule has 5 N–H and O–H groups in total. The third-order valence-corrected chi connectivity index (χ3v) is 3.37. The fourth-order valence-electron chi connectivity index (χ4n) is 2.28. The highest BCUT2D eigenvalue weighted by molar-refractivity contribution is 6.07. The number of rotatable bonds is 4. The van der Waals surface area contributed by atoms with Gasteiger partial charge >= 0.3 is 0 Å². The van der Waals surface area contributed by atoms with Crippen LogP contribution in [0, 0.1) is 0 Å². The number of anilines is 2. The number of carbonyl (C=O) groups is 2. The molecular weight excluding hydrogens is 322 g/mol. The van der Waals surface area contributed by atoms with Crippen LogP contribution in [0.25, 0.3) is 11.3 Å². The van der Waals surface area contributed by atoms with Crippen molar-refractivity contribution in [2.24, 2.45) is 12.8 Å². The number of amides is 2. The zero-order valence-electron chi connectivity index (χ0n) is 13.3. The molecule has 0 aliphatic carbocycles. The molecule has 0 aromatic carbocycles. The Morgan fingerprint density at radius 2 is 2.04 bits per heavy atom. The summed E-state index contributed by atoms with van der Waals surface area (Å²) in [5.74, 6) is -0.861. The Labute approximate surface area is 142 Å². The van der Waals surface area contributed by atoms with Gasteiger partial charge in [0.1, 0.15) is 11.5 Å². The Morgan fingerprint density at radius 1 is 1.24 bits per heavy atom. The van der Waals surface area contributed by atoms with E-state index in [0.717, 1.165) is 5.56 Å². The first-order chi connectivity index (χ1) is 11.9. The molecule has 0 aliphatic heterocycles. The minimum Gasteiger partial charge on any atom is -0.384 e. The van der Waals surface area contributed by atoms with Crippen LogP contribution in [0.4, 0.5) is 11.5 Å². The monoisotopic (exact) mass is 337 g/mol. The van der Waals surface area contributed by atoms with Gasteiger partial charge in [-0.2, -0.15) is 5.10 Å². The zero-order chi connectivity index (χ0) is 18.0. The van der Waals surface area contributed by atoms with Crippen LogP contribution < -0.4 is 16.8 Å². The lowest BCUT2D eigenvalue weighted by atomic mass is 10.1. The van der Waals surface area contributed by atoms with Gasteiger partial charge in [0.05, 0.1) is 11.4 Å². The molecule has 3 rings (SSSR count). The van der Waals surface area contributed by atoms with Gasteiger partial charge < -0.3 is 16.8 Å². The Kier molecular flexibility index (Phi) is 4.12. The molecule has 3 heterocycles. The predicted molar refractivity (Wildman–Crippen MR) is 91.6 cm³/mol. The molecule has 0 fully saturated rings. The van der Waals surface area contributed by atoms with Crippen LogP contribution in [0.2, 0.25) is 0 Å². The quantitative estimate of drug-likeness (QED) is 0.643. The first kappa shape index (κ1) is 16.1. The summed E-state index contributed by atoms with van der Waals surface area (Å²) in [5.41, 5.74) is 12.6. The maximum atomic E-state index is 12.4. The highest BCUT2D eigenvalue weighted by Gasteiger charge is 2.17. The fraction of sp³-hybridized carbons (Fsp3) is 0.0625. The van der Waals surface area contributed by atoms with Gasteiger partial charge in [-0.25, -0.2) is 9.97 Å². The van der Waals surface area contributed by atoms with E-state index in [-0.39, 0.29) is 17.1 Å². The average Bonchev–Trinajstić information content (AvgIpc) is 2.95. The third kappa shape index (κ3) is 3.44. The van der Waals surface area contributed by atoms with E-state index >= 15 is 0 Å². The van der Waals surface area contributed by atoms with Crippen molar-refractivity contribution >= 4 is 23.3 Å². The number of primary amides is 1. The third-order valence-electron chi connectivity index (χ3n) is 3.37. The molecule has 0 unspecified atom stereocenters. The topological polar surface area (TPSA) is 142 Å². The number of pyridine rings is 2. The van der Waals surface area contributed by atoms with E-state index in [1.54, 1.807) is 43.6 Å². The van der Waals surface area contributed by atoms with Gasteiger partial charge in [0.25, 0.3) is 11.8 Å². The lowest BCUT2D eigenvalue weighted by Gasteiger charge is -2.06. The lowest BCUT2D eigenvalue weighted by molar-refractivity contribution is 0.0995. The van der Waals surface area contributed by atoms with Crippen molar-refractivity contribution in [3.63, 3.8) is 0 Å². The lowest BCUT2D eigenvalue weighted by Crippen LogP contribution is -2.18. The van der Waals surface area contributed by atoms with Crippen LogP contribution in [0.3, 0.4) is 0 Å². The molecule has 3 aromatic heterocycles. The number of nitrogens with two attached hydrogens (primary N) is 2. The first-order valence-corrected chi connectivity index (χ1v) is 7.28. The first-order valence-electron chi connectivity index (χ1n) is 7.28. The molecule has 0 spiro atoms. The second-order valence-electron chi connectivity index (χ2n) is 5.26. The second kappa shape index (κ2) is 6.40. The summed E-state index contributed by atoms with van der Waals surface area (Å²) in [5, 5.41) is 6.51. The maximum Gasteiger partial charge on any atom is 0.274 e. The SMILES string of the molecule is Cn1cc(NC(=O)c2cccc(-c3ccnc(N)c3)n2)c(C(N)=O)n1. The van der Waals surface area contributed by atoms with E-state index in [9.17, 15) is 9.59 Å². The molecule has 0 bridgehead atoms. The van der Waals surface area contributed by atoms with Crippen molar-refractivity contribution < 1.29 is 9.59 Å². The zero-order valence-corrected chi connectivity index (χ0v) is 13.3. The van der Waals surface area contributed by atoms with Gasteiger partial charge in [0.15, 0.2) is 5.69 Å². The molecule has 126 valence electrons. The van der Waals surface area contributed by atoms with Crippen LogP contribution >= 0.6 is 0 Å². The molecule has 9 nitrogen and oxygen atoms in total. The molecule has 0 aliphatic rings. The normalized spacial score (nSPS) is 10.4. The summed E-state index contributed by atoms with van der Waals surface area (Å²) in [7, 11) is 1.62. The number of nitrogen functional groups attached to an aromatic ring is 1. The number of aryl methyl sites for hydroxylation is 1. The summed E-state index contributed by atoms with van der Waals surface area (Å²) < 4.78 is 1.39. The van der Waals surface area contributed by atoms with Crippen LogP contribution in [-0.4, -0.2) is 31.6 Å². The number of carbonyl (C=O) groups excluding carboxylic acids is 2. The summed E-state index contributed by atoms with van der Waals surface area (Å²) in [6.07, 6.45) is 3.05. The summed E-state index contributed by atoms with van der Waals surface area (Å²) in [6, 6.07) is 8.42. The van der Waals surface area contributed by atoms with Gasteiger partial charge in [-0.3, -0.25) is 14.3 Å². The molecule has 9 heteroatoms. The van der Waals surface area contributed by atoms with Crippen molar-refractivity contribution in [1.82, 2.24) is 19.7 Å². The number of hydrogen-bond acceptors (Lipinski definition) is 6. The van der Waals surface area contributed by atoms with Gasteiger partial charge in [-0.1, -0.05) is 6.07 Å². The van der Waals surface area contributed by atoms with Crippen molar-refractivity contribution in [2.75, 3.05) is 11.1 Å². The van der Waals surface area contributed by atoms with Crippen molar-refractivity contribution in [1.29, 1.82) is 0 Å². The highest BCUT2D eigenvalue weighted by Crippen LogP contribution is 2.19. The van der Waals surface area contributed by atoms with Gasteiger partial charge in [-0.15, -0.1) is 0 Å². The van der Waals surface area contributed by atoms with Crippen molar-refractivity contribution in [2.45, 2.75) is 0 Å². The predicted octanol–water partition coefficient (Wildman–Crippen LogP) is 0.810. The Hall–Kier alpha value is -3.75. The van der Waals surface area contributed by atoms with E-state index in [0.29, 0.717) is 11.5 Å². The molecule has 25 heavy (non-hydrogen) atoms. The van der Waals surface area contributed by atoms with E-state index in [1.807, 2.05) is 0 Å². The van der Waals surface area contributed by atoms with Gasteiger partial charge in [-0.05, 0) is 24.3 Å². The number of nitrogens with zero attached hydrogens (tertiary/aromatic N) is 4. The maximum absolute atomic E-state index is 12.4. The van der Waals surface area contributed by atoms with Gasteiger partial charge in [0, 0.05) is 25.0 Å². The minimum absolute atomic E-state index is 0.0195. The van der Waals surface area contributed by atoms with Crippen LogP contribution in [0.5, 0.6) is 0 Å². The molecule has 3 aromatic rings. The van der Waals surface area contributed by atoms with Gasteiger partial charge in [0.2, 0.25) is 0 Å². The Balaban J connectivity index is 1.89. The van der Waals surface area contributed by atoms with Crippen molar-refractivity contribution in [3.05, 3.63) is 54.1 Å². The molecular formula is C16H15N7O2.